The summed E-state index contributed by atoms with van der Waals surface area (Å²) in [6.45, 7) is 1.80. The maximum atomic E-state index is 5.65. The molecule has 0 saturated carbocycles. The first kappa shape index (κ1) is 11.2. The third kappa shape index (κ3) is 2.84. The fraction of sp³-hybridized carbons (Fsp3) is 0.167. The lowest BCUT2D eigenvalue weighted by Gasteiger charge is -2.08. The fourth-order valence-corrected chi connectivity index (χ4v) is 1.50. The van der Waals surface area contributed by atoms with Crippen LogP contribution >= 0.6 is 0 Å². The van der Waals surface area contributed by atoms with Crippen LogP contribution < -0.4 is 15.8 Å². The van der Waals surface area contributed by atoms with Crippen molar-refractivity contribution in [3.8, 4) is 5.75 Å². The average Bonchev–Trinajstić information content (AvgIpc) is 2.28. The Hall–Kier alpha value is -2.30. The summed E-state index contributed by atoms with van der Waals surface area (Å²) in [7, 11) is 1.63. The van der Waals surface area contributed by atoms with Crippen LogP contribution in [0.2, 0.25) is 0 Å². The highest BCUT2D eigenvalue weighted by molar-refractivity contribution is 5.60. The number of hydrogen-bond donors (Lipinski definition) is 2. The van der Waals surface area contributed by atoms with E-state index in [4.69, 9.17) is 10.5 Å². The van der Waals surface area contributed by atoms with E-state index in [9.17, 15) is 0 Å². The Morgan fingerprint density at radius 1 is 1.24 bits per heavy atom. The predicted octanol–water partition coefficient (Wildman–Crippen LogP) is 2.12. The molecule has 2 aromatic rings. The maximum Gasteiger partial charge on any atom is 0.136 e. The van der Waals surface area contributed by atoms with Crippen LogP contribution in [0, 0.1) is 6.92 Å². The molecule has 1 heterocycles. The molecule has 0 radical (unpaired) electrons. The second kappa shape index (κ2) is 4.69. The number of methoxy groups -OCH3 is 1. The molecule has 0 aliphatic heterocycles. The molecule has 0 fully saturated rings. The zero-order chi connectivity index (χ0) is 12.3. The molecule has 0 spiro atoms. The molecule has 5 nitrogen and oxygen atoms in total. The van der Waals surface area contributed by atoms with Gasteiger partial charge in [0.05, 0.1) is 7.11 Å². The van der Waals surface area contributed by atoms with Crippen LogP contribution in [-0.2, 0) is 0 Å². The standard InChI is InChI=1S/C12H14N4O/c1-8-14-11(13)7-12(15-8)16-9-4-3-5-10(6-9)17-2/h3-7H,1-2H3,(H3,13,14,15,16). The summed E-state index contributed by atoms with van der Waals surface area (Å²) >= 11 is 0. The molecular formula is C12H14N4O. The number of rotatable bonds is 3. The van der Waals surface area contributed by atoms with E-state index in [1.54, 1.807) is 20.1 Å². The number of aryl methyl sites for hydroxylation is 1. The number of hydrogen-bond acceptors (Lipinski definition) is 5. The van der Waals surface area contributed by atoms with Crippen molar-refractivity contribution in [3.63, 3.8) is 0 Å². The minimum Gasteiger partial charge on any atom is -0.497 e. The van der Waals surface area contributed by atoms with Gasteiger partial charge in [-0.05, 0) is 19.1 Å². The minimum absolute atomic E-state index is 0.447. The molecule has 88 valence electrons. The van der Waals surface area contributed by atoms with Gasteiger partial charge >= 0.3 is 0 Å². The molecular weight excluding hydrogens is 216 g/mol. The molecule has 1 aromatic heterocycles. The summed E-state index contributed by atoms with van der Waals surface area (Å²) in [6, 6.07) is 9.28. The molecule has 0 saturated heterocycles. The molecule has 0 aliphatic carbocycles. The average molecular weight is 230 g/mol. The highest BCUT2D eigenvalue weighted by Gasteiger charge is 2.00. The number of benzene rings is 1. The number of aromatic nitrogens is 2. The van der Waals surface area contributed by atoms with Crippen molar-refractivity contribution in [2.24, 2.45) is 0 Å². The van der Waals surface area contributed by atoms with Gasteiger partial charge in [-0.2, -0.15) is 0 Å². The first-order chi connectivity index (χ1) is 8.17. The van der Waals surface area contributed by atoms with E-state index in [2.05, 4.69) is 15.3 Å². The van der Waals surface area contributed by atoms with Gasteiger partial charge in [-0.3, -0.25) is 0 Å². The largest absolute Gasteiger partial charge is 0.497 e. The van der Waals surface area contributed by atoms with Crippen LogP contribution in [0.5, 0.6) is 5.75 Å². The second-order valence-electron chi connectivity index (χ2n) is 3.58. The quantitative estimate of drug-likeness (QED) is 0.844. The molecule has 0 unspecified atom stereocenters. The van der Waals surface area contributed by atoms with Crippen LogP contribution in [-0.4, -0.2) is 17.1 Å². The zero-order valence-electron chi connectivity index (χ0n) is 9.77. The Morgan fingerprint density at radius 2 is 2.06 bits per heavy atom. The molecule has 0 bridgehead atoms. The highest BCUT2D eigenvalue weighted by Crippen LogP contribution is 2.20. The van der Waals surface area contributed by atoms with Gasteiger partial charge in [0.15, 0.2) is 0 Å². The van der Waals surface area contributed by atoms with Gasteiger partial charge in [-0.1, -0.05) is 6.07 Å². The van der Waals surface area contributed by atoms with Gasteiger partial charge in [0.2, 0.25) is 0 Å². The van der Waals surface area contributed by atoms with Crippen molar-refractivity contribution in [2.75, 3.05) is 18.2 Å². The van der Waals surface area contributed by atoms with Crippen molar-refractivity contribution < 1.29 is 4.74 Å². The molecule has 3 N–H and O–H groups in total. The lowest BCUT2D eigenvalue weighted by molar-refractivity contribution is 0.415. The molecule has 0 amide bonds. The number of nitrogens with zero attached hydrogens (tertiary/aromatic N) is 2. The van der Waals surface area contributed by atoms with Crippen LogP contribution in [0.1, 0.15) is 5.82 Å². The van der Waals surface area contributed by atoms with E-state index in [1.807, 2.05) is 24.3 Å². The molecule has 2 rings (SSSR count). The molecule has 0 atom stereocenters. The van der Waals surface area contributed by atoms with Crippen molar-refractivity contribution >= 4 is 17.3 Å². The summed E-state index contributed by atoms with van der Waals surface area (Å²) in [5.41, 5.74) is 6.54. The summed E-state index contributed by atoms with van der Waals surface area (Å²) in [5, 5.41) is 3.15. The normalized spacial score (nSPS) is 10.0. The number of nitrogens with two attached hydrogens (primary N) is 1. The molecule has 0 aliphatic rings. The summed E-state index contributed by atoms with van der Waals surface area (Å²) in [4.78, 5) is 8.25. The maximum absolute atomic E-state index is 5.65. The van der Waals surface area contributed by atoms with Gasteiger partial charge in [0.25, 0.3) is 0 Å². The van der Waals surface area contributed by atoms with Gasteiger partial charge in [-0.15, -0.1) is 0 Å². The van der Waals surface area contributed by atoms with Crippen LogP contribution in [0.3, 0.4) is 0 Å². The van der Waals surface area contributed by atoms with Crippen molar-refractivity contribution in [3.05, 3.63) is 36.2 Å². The van der Waals surface area contributed by atoms with E-state index in [1.165, 1.54) is 0 Å². The van der Waals surface area contributed by atoms with Crippen molar-refractivity contribution in [1.82, 2.24) is 9.97 Å². The van der Waals surface area contributed by atoms with Gasteiger partial charge in [0, 0.05) is 17.8 Å². The van der Waals surface area contributed by atoms with Gasteiger partial charge in [0.1, 0.15) is 23.2 Å². The van der Waals surface area contributed by atoms with E-state index >= 15 is 0 Å². The monoisotopic (exact) mass is 230 g/mol. The van der Waals surface area contributed by atoms with E-state index in [0.717, 1.165) is 11.4 Å². The second-order valence-corrected chi connectivity index (χ2v) is 3.58. The molecule has 1 aromatic carbocycles. The number of anilines is 3. The zero-order valence-corrected chi connectivity index (χ0v) is 9.77. The van der Waals surface area contributed by atoms with Crippen molar-refractivity contribution in [2.45, 2.75) is 6.92 Å². The Labute approximate surface area is 99.7 Å². The van der Waals surface area contributed by atoms with Gasteiger partial charge < -0.3 is 15.8 Å². The topological polar surface area (TPSA) is 73.1 Å². The first-order valence-electron chi connectivity index (χ1n) is 5.19. The van der Waals surface area contributed by atoms with Crippen LogP contribution in [0.25, 0.3) is 0 Å². The first-order valence-corrected chi connectivity index (χ1v) is 5.19. The molecule has 5 heteroatoms. The Balaban J connectivity index is 2.24. The van der Waals surface area contributed by atoms with E-state index in [-0.39, 0.29) is 0 Å². The third-order valence-corrected chi connectivity index (χ3v) is 2.20. The number of ether oxygens (including phenoxy) is 1. The molecule has 17 heavy (non-hydrogen) atoms. The number of nitrogens with one attached hydrogen (secondary N) is 1. The lowest BCUT2D eigenvalue weighted by Crippen LogP contribution is -2.00. The fourth-order valence-electron chi connectivity index (χ4n) is 1.50. The Kier molecular flexibility index (Phi) is 3.09. The van der Waals surface area contributed by atoms with Gasteiger partial charge in [-0.25, -0.2) is 9.97 Å². The summed E-state index contributed by atoms with van der Waals surface area (Å²) in [5.74, 6) is 2.54. The smallest absolute Gasteiger partial charge is 0.136 e. The third-order valence-electron chi connectivity index (χ3n) is 2.20. The predicted molar refractivity (Wildman–Crippen MR) is 67.5 cm³/mol. The van der Waals surface area contributed by atoms with Crippen LogP contribution in [0.4, 0.5) is 17.3 Å². The van der Waals surface area contributed by atoms with Crippen LogP contribution in [0.15, 0.2) is 30.3 Å². The number of nitrogen functional groups attached to an aromatic ring is 1. The summed E-state index contributed by atoms with van der Waals surface area (Å²) < 4.78 is 5.14. The summed E-state index contributed by atoms with van der Waals surface area (Å²) in [6.07, 6.45) is 0. The van der Waals surface area contributed by atoms with E-state index < -0.39 is 0 Å². The van der Waals surface area contributed by atoms with Crippen molar-refractivity contribution in [1.29, 1.82) is 0 Å². The Bertz CT molecular complexity index is 507. The Morgan fingerprint density at radius 3 is 2.76 bits per heavy atom. The lowest BCUT2D eigenvalue weighted by atomic mass is 10.3. The highest BCUT2D eigenvalue weighted by atomic mass is 16.5. The SMILES string of the molecule is COc1cccc(Nc2cc(N)nc(C)n2)c1. The van der Waals surface area contributed by atoms with E-state index in [0.29, 0.717) is 17.5 Å². The minimum atomic E-state index is 0.447.